The van der Waals surface area contributed by atoms with Crippen LogP contribution in [0.4, 0.5) is 0 Å². The fourth-order valence-electron chi connectivity index (χ4n) is 4.29. The molecule has 0 unspecified atom stereocenters. The number of unbranched alkanes of at least 4 members (excludes halogenated alkanes) is 3. The van der Waals surface area contributed by atoms with E-state index in [9.17, 15) is 0 Å². The van der Waals surface area contributed by atoms with Crippen LogP contribution in [-0.4, -0.2) is 25.6 Å². The van der Waals surface area contributed by atoms with Crippen LogP contribution in [0.1, 0.15) is 71.1 Å². The summed E-state index contributed by atoms with van der Waals surface area (Å²) in [5.74, 6) is 0.746. The summed E-state index contributed by atoms with van der Waals surface area (Å²) in [5, 5.41) is 0. The molecule has 0 aromatic carbocycles. The molecule has 0 aromatic heterocycles. The minimum absolute atomic E-state index is 0.538. The average molecular weight is 411 g/mol. The fourth-order valence-corrected chi connectivity index (χ4v) is 4.29. The van der Waals surface area contributed by atoms with Crippen molar-refractivity contribution in [1.82, 2.24) is 0 Å². The molecule has 1 heterocycles. The second-order valence-electron chi connectivity index (χ2n) is 8.24. The van der Waals surface area contributed by atoms with E-state index in [4.69, 9.17) is 14.2 Å². The van der Waals surface area contributed by atoms with Crippen LogP contribution in [0.15, 0.2) is 71.6 Å². The summed E-state index contributed by atoms with van der Waals surface area (Å²) in [5.41, 5.74) is 4.03. The zero-order valence-electron chi connectivity index (χ0n) is 18.7. The Hall–Kier alpha value is -1.84. The van der Waals surface area contributed by atoms with E-state index in [0.717, 1.165) is 32.3 Å². The molecule has 0 radical (unpaired) electrons. The predicted octanol–water partition coefficient (Wildman–Crippen LogP) is 7.10. The molecule has 30 heavy (non-hydrogen) atoms. The van der Waals surface area contributed by atoms with Crippen LogP contribution in [0.3, 0.4) is 0 Å². The third-order valence-electron chi connectivity index (χ3n) is 6.12. The minimum atomic E-state index is -0.538. The third kappa shape index (κ3) is 6.33. The van der Waals surface area contributed by atoms with Crippen molar-refractivity contribution < 1.29 is 14.2 Å². The summed E-state index contributed by atoms with van der Waals surface area (Å²) in [6.45, 7) is 7.95. The SMILES string of the molecule is C=C/C=C\C=C1\C=CC(C2(CCCCCCC(OCC)=C3CCC3)OCCO2)=CC1. The van der Waals surface area contributed by atoms with Crippen molar-refractivity contribution in [2.75, 3.05) is 19.8 Å². The summed E-state index contributed by atoms with van der Waals surface area (Å²) in [6, 6.07) is 0. The Bertz CT molecular complexity index is 708. The summed E-state index contributed by atoms with van der Waals surface area (Å²) < 4.78 is 18.1. The Balaban J connectivity index is 1.44. The van der Waals surface area contributed by atoms with Gasteiger partial charge >= 0.3 is 0 Å². The number of hydrogen-bond acceptors (Lipinski definition) is 3. The highest BCUT2D eigenvalue weighted by molar-refractivity contribution is 5.40. The fraction of sp³-hybridized carbons (Fsp3) is 0.556. The molecule has 0 atom stereocenters. The maximum absolute atomic E-state index is 6.13. The molecule has 2 fully saturated rings. The zero-order valence-corrected chi connectivity index (χ0v) is 18.7. The first kappa shape index (κ1) is 22.8. The molecule has 0 bridgehead atoms. The van der Waals surface area contributed by atoms with E-state index in [1.165, 1.54) is 55.4 Å². The van der Waals surface area contributed by atoms with Gasteiger partial charge in [-0.1, -0.05) is 62.0 Å². The molecule has 3 heteroatoms. The molecular weight excluding hydrogens is 372 g/mol. The van der Waals surface area contributed by atoms with Gasteiger partial charge in [-0.15, -0.1) is 0 Å². The Labute approximate surface area is 182 Å². The van der Waals surface area contributed by atoms with E-state index >= 15 is 0 Å². The van der Waals surface area contributed by atoms with Crippen molar-refractivity contribution in [2.24, 2.45) is 0 Å². The van der Waals surface area contributed by atoms with Crippen molar-refractivity contribution in [2.45, 2.75) is 76.9 Å². The van der Waals surface area contributed by atoms with E-state index in [0.29, 0.717) is 13.2 Å². The predicted molar refractivity (Wildman–Crippen MR) is 124 cm³/mol. The smallest absolute Gasteiger partial charge is 0.194 e. The van der Waals surface area contributed by atoms with Crippen LogP contribution in [0, 0.1) is 0 Å². The van der Waals surface area contributed by atoms with E-state index in [1.54, 1.807) is 11.6 Å². The normalized spacial score (nSPS) is 21.7. The monoisotopic (exact) mass is 410 g/mol. The molecule has 0 aromatic rings. The van der Waals surface area contributed by atoms with Gasteiger partial charge in [-0.25, -0.2) is 0 Å². The van der Waals surface area contributed by atoms with Crippen LogP contribution >= 0.6 is 0 Å². The highest BCUT2D eigenvalue weighted by Gasteiger charge is 2.39. The van der Waals surface area contributed by atoms with Crippen molar-refractivity contribution in [3.63, 3.8) is 0 Å². The number of ether oxygens (including phenoxy) is 3. The standard InChI is InChI=1S/C27H38O3/c1-3-5-8-12-23-16-18-25(19-17-23)27(29-21-22-30-27)20-10-7-6-9-15-26(28-4-2)24-13-11-14-24/h3,5,8,12,16,18-19H,1,4,6-7,9-11,13-15,17,20-22H2,2H3/b8-5-,23-12-. The first-order valence-electron chi connectivity index (χ1n) is 11.8. The van der Waals surface area contributed by atoms with Gasteiger partial charge in [-0.2, -0.15) is 0 Å². The van der Waals surface area contributed by atoms with Gasteiger partial charge in [0.05, 0.1) is 25.6 Å². The zero-order chi connectivity index (χ0) is 21.1. The van der Waals surface area contributed by atoms with Crippen molar-refractivity contribution in [3.05, 3.63) is 71.6 Å². The molecule has 3 nitrogen and oxygen atoms in total. The number of rotatable bonds is 12. The topological polar surface area (TPSA) is 27.7 Å². The van der Waals surface area contributed by atoms with Crippen LogP contribution in [0.2, 0.25) is 0 Å². The molecule has 164 valence electrons. The second-order valence-corrected chi connectivity index (χ2v) is 8.24. The van der Waals surface area contributed by atoms with Crippen LogP contribution < -0.4 is 0 Å². The first-order chi connectivity index (χ1) is 14.8. The number of hydrogen-bond donors (Lipinski definition) is 0. The maximum Gasteiger partial charge on any atom is 0.194 e. The van der Waals surface area contributed by atoms with Crippen molar-refractivity contribution in [1.29, 1.82) is 0 Å². The molecule has 0 spiro atoms. The van der Waals surface area contributed by atoms with E-state index in [-0.39, 0.29) is 0 Å². The largest absolute Gasteiger partial charge is 0.498 e. The van der Waals surface area contributed by atoms with Crippen LogP contribution in [0.5, 0.6) is 0 Å². The molecule has 3 aliphatic rings. The maximum atomic E-state index is 6.13. The average Bonchev–Trinajstić information content (AvgIpc) is 3.20. The Morgan fingerprint density at radius 2 is 1.90 bits per heavy atom. The summed E-state index contributed by atoms with van der Waals surface area (Å²) in [6.07, 6.45) is 26.1. The third-order valence-corrected chi connectivity index (χ3v) is 6.12. The van der Waals surface area contributed by atoms with Gasteiger partial charge in [0, 0.05) is 18.4 Å². The highest BCUT2D eigenvalue weighted by Crippen LogP contribution is 2.37. The molecule has 1 aliphatic heterocycles. The van der Waals surface area contributed by atoms with Gasteiger partial charge in [0.1, 0.15) is 0 Å². The van der Waals surface area contributed by atoms with Gasteiger partial charge in [0.2, 0.25) is 0 Å². The molecule has 3 rings (SSSR count). The van der Waals surface area contributed by atoms with Gasteiger partial charge in [-0.05, 0) is 56.6 Å². The Morgan fingerprint density at radius 1 is 1.10 bits per heavy atom. The molecular formula is C27H38O3. The van der Waals surface area contributed by atoms with Crippen molar-refractivity contribution in [3.8, 4) is 0 Å². The van der Waals surface area contributed by atoms with E-state index in [1.807, 2.05) is 12.2 Å². The molecule has 0 N–H and O–H groups in total. The minimum Gasteiger partial charge on any atom is -0.498 e. The van der Waals surface area contributed by atoms with Crippen LogP contribution in [-0.2, 0) is 14.2 Å². The highest BCUT2D eigenvalue weighted by atomic mass is 16.7. The summed E-state index contributed by atoms with van der Waals surface area (Å²) in [4.78, 5) is 0. The lowest BCUT2D eigenvalue weighted by Gasteiger charge is -2.30. The molecule has 1 saturated carbocycles. The Kier molecular flexibility index (Phi) is 9.23. The summed E-state index contributed by atoms with van der Waals surface area (Å²) in [7, 11) is 0. The lowest BCUT2D eigenvalue weighted by molar-refractivity contribution is -0.129. The molecule has 1 saturated heterocycles. The molecule has 2 aliphatic carbocycles. The Morgan fingerprint density at radius 3 is 2.53 bits per heavy atom. The lowest BCUT2D eigenvalue weighted by atomic mass is 9.89. The second kappa shape index (κ2) is 12.1. The van der Waals surface area contributed by atoms with Gasteiger partial charge in [-0.3, -0.25) is 0 Å². The quantitative estimate of drug-likeness (QED) is 0.195. The summed E-state index contributed by atoms with van der Waals surface area (Å²) >= 11 is 0. The first-order valence-corrected chi connectivity index (χ1v) is 11.8. The van der Waals surface area contributed by atoms with Gasteiger partial charge in [0.15, 0.2) is 5.79 Å². The van der Waals surface area contributed by atoms with Gasteiger partial charge < -0.3 is 14.2 Å². The number of allylic oxidation sites excluding steroid dienone is 9. The lowest BCUT2D eigenvalue weighted by Crippen LogP contribution is -2.32. The molecule has 0 amide bonds. The van der Waals surface area contributed by atoms with E-state index < -0.39 is 5.79 Å². The van der Waals surface area contributed by atoms with E-state index in [2.05, 4.69) is 37.8 Å². The van der Waals surface area contributed by atoms with Gasteiger partial charge in [0.25, 0.3) is 0 Å². The van der Waals surface area contributed by atoms with Crippen molar-refractivity contribution >= 4 is 0 Å². The van der Waals surface area contributed by atoms with Crippen LogP contribution in [0.25, 0.3) is 0 Å².